The lowest BCUT2D eigenvalue weighted by molar-refractivity contribution is -0.0892. The Morgan fingerprint density at radius 3 is 2.12 bits per heavy atom. The fourth-order valence-electron chi connectivity index (χ4n) is 3.08. The normalized spacial score (nSPS) is 33.4. The highest BCUT2D eigenvalue weighted by atomic mass is 16.5. The number of hydrogen-bond donors (Lipinski definition) is 1. The third-order valence-electron chi connectivity index (χ3n) is 4.33. The van der Waals surface area contributed by atoms with Crippen LogP contribution in [0.4, 0.5) is 0 Å². The second-order valence-electron chi connectivity index (χ2n) is 5.29. The van der Waals surface area contributed by atoms with Crippen LogP contribution in [0.2, 0.25) is 0 Å². The molecule has 0 saturated heterocycles. The van der Waals surface area contributed by atoms with Gasteiger partial charge in [-0.2, -0.15) is 0 Å². The molecule has 2 heteroatoms. The summed E-state index contributed by atoms with van der Waals surface area (Å²) in [5.41, 5.74) is 0.350. The first-order valence-electron chi connectivity index (χ1n) is 6.46. The molecule has 0 bridgehead atoms. The Morgan fingerprint density at radius 2 is 1.65 bits per heavy atom. The molecule has 1 aliphatic rings. The smallest absolute Gasteiger partial charge is 0.118 e. The van der Waals surface area contributed by atoms with Crippen LogP contribution < -0.4 is 4.74 Å². The molecule has 0 amide bonds. The van der Waals surface area contributed by atoms with E-state index in [-0.39, 0.29) is 0 Å². The van der Waals surface area contributed by atoms with Gasteiger partial charge in [-0.05, 0) is 42.4 Å². The van der Waals surface area contributed by atoms with E-state index in [9.17, 15) is 5.11 Å². The average molecular weight is 234 g/mol. The van der Waals surface area contributed by atoms with Gasteiger partial charge >= 0.3 is 0 Å². The second-order valence-corrected chi connectivity index (χ2v) is 5.29. The summed E-state index contributed by atoms with van der Waals surface area (Å²) < 4.78 is 5.16. The summed E-state index contributed by atoms with van der Waals surface area (Å²) in [5.74, 6) is 1.48. The molecule has 94 valence electrons. The summed E-state index contributed by atoms with van der Waals surface area (Å²) in [5, 5.41) is 11.0. The van der Waals surface area contributed by atoms with Gasteiger partial charge in [0, 0.05) is 0 Å². The molecule has 17 heavy (non-hydrogen) atoms. The topological polar surface area (TPSA) is 29.5 Å². The lowest BCUT2D eigenvalue weighted by atomic mass is 9.66. The number of rotatable bonds is 2. The van der Waals surface area contributed by atoms with Crippen LogP contribution in [0.15, 0.2) is 24.3 Å². The van der Waals surface area contributed by atoms with Crippen molar-refractivity contribution in [1.82, 2.24) is 0 Å². The first-order chi connectivity index (χ1) is 8.09. The summed E-state index contributed by atoms with van der Waals surface area (Å²) in [4.78, 5) is 0. The predicted octanol–water partition coefficient (Wildman–Crippen LogP) is 3.34. The van der Waals surface area contributed by atoms with Crippen molar-refractivity contribution in [3.63, 3.8) is 0 Å². The lowest BCUT2D eigenvalue weighted by Gasteiger charge is -2.43. The van der Waals surface area contributed by atoms with Crippen LogP contribution in [0.25, 0.3) is 0 Å². The Balaban J connectivity index is 2.34. The molecule has 1 N–H and O–H groups in total. The van der Waals surface area contributed by atoms with Gasteiger partial charge in [0.1, 0.15) is 5.75 Å². The van der Waals surface area contributed by atoms with Crippen LogP contribution in [0.5, 0.6) is 5.75 Å². The fraction of sp³-hybridized carbons (Fsp3) is 0.600. The zero-order valence-electron chi connectivity index (χ0n) is 10.9. The molecule has 0 radical (unpaired) electrons. The van der Waals surface area contributed by atoms with Gasteiger partial charge in [0.2, 0.25) is 0 Å². The fourth-order valence-corrected chi connectivity index (χ4v) is 3.08. The molecule has 1 fully saturated rings. The molecule has 2 nitrogen and oxygen atoms in total. The van der Waals surface area contributed by atoms with Gasteiger partial charge in [0.05, 0.1) is 12.7 Å². The van der Waals surface area contributed by atoms with Crippen molar-refractivity contribution in [3.8, 4) is 5.75 Å². The van der Waals surface area contributed by atoms with Gasteiger partial charge in [0.15, 0.2) is 0 Å². The molecular weight excluding hydrogens is 212 g/mol. The Labute approximate surface area is 104 Å². The Kier molecular flexibility index (Phi) is 3.43. The van der Waals surface area contributed by atoms with Crippen LogP contribution in [-0.2, 0) is 5.60 Å². The van der Waals surface area contributed by atoms with Gasteiger partial charge in [0.25, 0.3) is 0 Å². The number of hydrogen-bond acceptors (Lipinski definition) is 2. The van der Waals surface area contributed by atoms with Crippen molar-refractivity contribution in [3.05, 3.63) is 29.8 Å². The summed E-state index contributed by atoms with van der Waals surface area (Å²) in [6.45, 7) is 4.31. The molecule has 2 atom stereocenters. The maximum absolute atomic E-state index is 11.0. The maximum Gasteiger partial charge on any atom is 0.118 e. The van der Waals surface area contributed by atoms with Gasteiger partial charge in [-0.3, -0.25) is 0 Å². The van der Waals surface area contributed by atoms with Gasteiger partial charge in [-0.15, -0.1) is 0 Å². The summed E-state index contributed by atoms with van der Waals surface area (Å²) in [7, 11) is 1.66. The zero-order valence-corrected chi connectivity index (χ0v) is 10.9. The molecule has 0 aliphatic heterocycles. The monoisotopic (exact) mass is 234 g/mol. The van der Waals surface area contributed by atoms with Crippen molar-refractivity contribution in [2.75, 3.05) is 7.11 Å². The minimum Gasteiger partial charge on any atom is -0.497 e. The number of aliphatic hydroxyl groups is 1. The molecule has 0 aromatic heterocycles. The minimum atomic E-state index is -0.676. The molecule has 1 aliphatic carbocycles. The van der Waals surface area contributed by atoms with Crippen molar-refractivity contribution in [2.24, 2.45) is 11.8 Å². The van der Waals surface area contributed by atoms with Crippen molar-refractivity contribution < 1.29 is 9.84 Å². The van der Waals surface area contributed by atoms with E-state index >= 15 is 0 Å². The summed E-state index contributed by atoms with van der Waals surface area (Å²) in [6.07, 6.45) is 3.43. The highest BCUT2D eigenvalue weighted by Gasteiger charge is 2.42. The van der Waals surface area contributed by atoms with Crippen LogP contribution >= 0.6 is 0 Å². The molecule has 0 spiro atoms. The highest BCUT2D eigenvalue weighted by Crippen LogP contribution is 2.45. The first-order valence-corrected chi connectivity index (χ1v) is 6.46. The average Bonchev–Trinajstić information content (AvgIpc) is 2.36. The third kappa shape index (κ3) is 2.06. The van der Waals surface area contributed by atoms with Crippen molar-refractivity contribution >= 4 is 0 Å². The van der Waals surface area contributed by atoms with Gasteiger partial charge < -0.3 is 9.84 Å². The molecule has 2 unspecified atom stereocenters. The zero-order chi connectivity index (χ0) is 12.5. The second kappa shape index (κ2) is 4.69. The van der Waals surface area contributed by atoms with E-state index in [0.717, 1.165) is 24.2 Å². The number of ether oxygens (including phenoxy) is 1. The number of methoxy groups -OCH3 is 1. The predicted molar refractivity (Wildman–Crippen MR) is 69.1 cm³/mol. The highest BCUT2D eigenvalue weighted by molar-refractivity contribution is 5.32. The van der Waals surface area contributed by atoms with E-state index in [4.69, 9.17) is 4.74 Å². The Hall–Kier alpha value is -1.02. The van der Waals surface area contributed by atoms with Crippen LogP contribution in [0.3, 0.4) is 0 Å². The molecule has 1 aromatic rings. The quantitative estimate of drug-likeness (QED) is 0.850. The standard InChI is InChI=1S/C15H22O2/c1-11-5-4-6-12(2)15(11,16)13-7-9-14(17-3)10-8-13/h7-12,16H,4-6H2,1-3H3. The van der Waals surface area contributed by atoms with Crippen LogP contribution in [0.1, 0.15) is 38.7 Å². The molecule has 2 rings (SSSR count). The maximum atomic E-state index is 11.0. The van der Waals surface area contributed by atoms with E-state index in [1.54, 1.807) is 7.11 Å². The first kappa shape index (κ1) is 12.4. The SMILES string of the molecule is COc1ccc(C2(O)C(C)CCCC2C)cc1. The largest absolute Gasteiger partial charge is 0.497 e. The van der Waals surface area contributed by atoms with Crippen molar-refractivity contribution in [2.45, 2.75) is 38.7 Å². The van der Waals surface area contributed by atoms with Gasteiger partial charge in [-0.1, -0.05) is 32.4 Å². The molecule has 0 heterocycles. The van der Waals surface area contributed by atoms with E-state index in [0.29, 0.717) is 11.8 Å². The van der Waals surface area contributed by atoms with E-state index < -0.39 is 5.60 Å². The molecule has 1 aromatic carbocycles. The Bertz CT molecular complexity index is 359. The van der Waals surface area contributed by atoms with E-state index in [2.05, 4.69) is 13.8 Å². The van der Waals surface area contributed by atoms with Crippen LogP contribution in [0, 0.1) is 11.8 Å². The summed E-state index contributed by atoms with van der Waals surface area (Å²) >= 11 is 0. The van der Waals surface area contributed by atoms with E-state index in [1.807, 2.05) is 24.3 Å². The van der Waals surface area contributed by atoms with Crippen LogP contribution in [-0.4, -0.2) is 12.2 Å². The van der Waals surface area contributed by atoms with E-state index in [1.165, 1.54) is 6.42 Å². The summed E-state index contributed by atoms with van der Waals surface area (Å²) in [6, 6.07) is 7.86. The number of benzene rings is 1. The molecular formula is C15H22O2. The third-order valence-corrected chi connectivity index (χ3v) is 4.33. The van der Waals surface area contributed by atoms with Gasteiger partial charge in [-0.25, -0.2) is 0 Å². The molecule has 1 saturated carbocycles. The minimum absolute atomic E-state index is 0.319. The van der Waals surface area contributed by atoms with Crippen molar-refractivity contribution in [1.29, 1.82) is 0 Å². The Morgan fingerprint density at radius 1 is 1.12 bits per heavy atom. The lowest BCUT2D eigenvalue weighted by Crippen LogP contribution is -2.42.